The number of pyridine rings is 1. The van der Waals surface area contributed by atoms with Gasteiger partial charge >= 0.3 is 6.18 Å². The number of fused-ring (bicyclic) bond motifs is 1. The third kappa shape index (κ3) is 11.6. The summed E-state index contributed by atoms with van der Waals surface area (Å²) < 4.78 is 70.5. The minimum absolute atomic E-state index is 0.0189. The molecule has 2 saturated carbocycles. The van der Waals surface area contributed by atoms with Crippen molar-refractivity contribution in [2.75, 3.05) is 65.2 Å². The molecular formula is C52H73F3N13O7S+. The van der Waals surface area contributed by atoms with E-state index in [0.717, 1.165) is 41.8 Å². The van der Waals surface area contributed by atoms with Gasteiger partial charge in [0.2, 0.25) is 39.7 Å². The fourth-order valence-electron chi connectivity index (χ4n) is 12.7. The minimum atomic E-state index is -4.56. The van der Waals surface area contributed by atoms with E-state index in [1.54, 1.807) is 41.6 Å². The molecule has 4 aliphatic heterocycles. The van der Waals surface area contributed by atoms with Crippen LogP contribution >= 0.6 is 0 Å². The molecular weight excluding hydrogens is 1010 g/mol. The summed E-state index contributed by atoms with van der Waals surface area (Å²) in [5.74, 6) is -1.58. The Morgan fingerprint density at radius 3 is 2.29 bits per heavy atom. The molecule has 9 rings (SSSR count). The molecule has 0 spiro atoms. The number of rotatable bonds is 15. The van der Waals surface area contributed by atoms with Gasteiger partial charge in [0.25, 0.3) is 0 Å². The average molecular weight is 1080 g/mol. The first kappa shape index (κ1) is 55.2. The number of hydrazine groups is 1. The number of nitrogens with one attached hydrogen (secondary N) is 3. The number of alkyl halides is 3. The zero-order valence-electron chi connectivity index (χ0n) is 44.1. The van der Waals surface area contributed by atoms with E-state index in [-0.39, 0.29) is 97.5 Å². The SMILES string of the molecule is CC(C)N(C)C1CCC(N2CC[C@H](Nc3ncnc4ccc(C(F)(F)F)cc34)C2=O)[C@H](N[N+](=O)C2CCC(N3CCN(S(=O)(=O)C4CCN(C(=O)[C@H](C)NC(=O)[C@H]5CC(=O)N(C)[C@@H]5c5cccnc5)CC4)CC3)CC2)C1. The zero-order chi connectivity index (χ0) is 54.2. The van der Waals surface area contributed by atoms with Crippen molar-refractivity contribution in [2.24, 2.45) is 5.92 Å². The second-order valence-electron chi connectivity index (χ2n) is 22.1. The molecule has 3 aromatic rings. The molecule has 4 saturated heterocycles. The summed E-state index contributed by atoms with van der Waals surface area (Å²) in [6, 6.07) is 4.51. The number of nitrogens with zero attached hydrogens (tertiary/aromatic N) is 10. The Morgan fingerprint density at radius 2 is 1.62 bits per heavy atom. The van der Waals surface area contributed by atoms with Crippen molar-refractivity contribution in [3.8, 4) is 0 Å². The number of hydrogen-bond acceptors (Lipinski definition) is 13. The number of carbonyl (C=O) groups is 4. The lowest BCUT2D eigenvalue weighted by Crippen LogP contribution is -2.60. The van der Waals surface area contributed by atoms with Gasteiger partial charge in [0.05, 0.1) is 39.2 Å². The van der Waals surface area contributed by atoms with Crippen LogP contribution in [0.5, 0.6) is 0 Å². The number of hydrogen-bond donors (Lipinski definition) is 3. The summed E-state index contributed by atoms with van der Waals surface area (Å²) in [6.45, 7) is 8.64. The van der Waals surface area contributed by atoms with Gasteiger partial charge in [-0.05, 0) is 109 Å². The van der Waals surface area contributed by atoms with Crippen molar-refractivity contribution in [3.05, 3.63) is 65.1 Å². The molecule has 2 aromatic heterocycles. The van der Waals surface area contributed by atoms with Crippen molar-refractivity contribution in [3.63, 3.8) is 0 Å². The molecule has 414 valence electrons. The third-order valence-electron chi connectivity index (χ3n) is 17.4. The summed E-state index contributed by atoms with van der Waals surface area (Å²) >= 11 is 0. The van der Waals surface area contributed by atoms with E-state index in [9.17, 15) is 45.7 Å². The number of benzene rings is 1. The molecule has 1 aromatic carbocycles. The van der Waals surface area contributed by atoms with Gasteiger partial charge in [0.1, 0.15) is 35.1 Å². The molecule has 6 fully saturated rings. The Morgan fingerprint density at radius 1 is 0.895 bits per heavy atom. The van der Waals surface area contributed by atoms with Gasteiger partial charge in [0.15, 0.2) is 0 Å². The fraction of sp³-hybridized carbons (Fsp3) is 0.673. The first-order valence-corrected chi connectivity index (χ1v) is 28.5. The number of carbonyl (C=O) groups excluding carboxylic acids is 4. The molecule has 24 heteroatoms. The van der Waals surface area contributed by atoms with Crippen LogP contribution in [0.25, 0.3) is 10.9 Å². The minimum Gasteiger partial charge on any atom is -0.358 e. The maximum atomic E-state index is 14.2. The highest BCUT2D eigenvalue weighted by molar-refractivity contribution is 7.89. The molecule has 4 amide bonds. The Bertz CT molecular complexity index is 2720. The van der Waals surface area contributed by atoms with E-state index >= 15 is 0 Å². The molecule has 7 atom stereocenters. The van der Waals surface area contributed by atoms with Crippen LogP contribution in [-0.2, 0) is 35.4 Å². The highest BCUT2D eigenvalue weighted by atomic mass is 32.2. The molecule has 0 radical (unpaired) electrons. The van der Waals surface area contributed by atoms with Crippen LogP contribution in [0.1, 0.15) is 109 Å². The number of likely N-dealkylation sites (tertiary alicyclic amines) is 3. The highest BCUT2D eigenvalue weighted by Gasteiger charge is 2.48. The number of halogens is 3. The maximum Gasteiger partial charge on any atom is 0.416 e. The lowest BCUT2D eigenvalue weighted by atomic mass is 9.84. The van der Waals surface area contributed by atoms with Gasteiger partial charge in [0, 0.05) is 108 Å². The number of aromatic nitrogens is 3. The highest BCUT2D eigenvalue weighted by Crippen LogP contribution is 2.38. The molecule has 6 aliphatic rings. The molecule has 20 nitrogen and oxygen atoms in total. The normalized spacial score (nSPS) is 28.1. The van der Waals surface area contributed by atoms with Crippen LogP contribution in [0.3, 0.4) is 0 Å². The van der Waals surface area contributed by atoms with E-state index in [1.807, 2.05) is 11.0 Å². The summed E-state index contributed by atoms with van der Waals surface area (Å²) in [5.41, 5.74) is 3.56. The van der Waals surface area contributed by atoms with Crippen molar-refractivity contribution in [2.45, 2.75) is 157 Å². The second kappa shape index (κ2) is 22.8. The molecule has 2 unspecified atom stereocenters. The van der Waals surface area contributed by atoms with Crippen LogP contribution in [0, 0.1) is 10.8 Å². The quantitative estimate of drug-likeness (QED) is 0.145. The Hall–Kier alpha value is -5.59. The van der Waals surface area contributed by atoms with Gasteiger partial charge in [-0.1, -0.05) is 6.07 Å². The van der Waals surface area contributed by atoms with Crippen LogP contribution in [0.15, 0.2) is 49.1 Å². The van der Waals surface area contributed by atoms with E-state index in [1.165, 1.54) is 17.3 Å². The van der Waals surface area contributed by atoms with Gasteiger partial charge in [-0.3, -0.25) is 29.1 Å². The summed E-state index contributed by atoms with van der Waals surface area (Å²) in [4.78, 5) is 91.1. The first-order valence-electron chi connectivity index (χ1n) is 27.0. The Balaban J connectivity index is 0.739. The Kier molecular flexibility index (Phi) is 16.5. The smallest absolute Gasteiger partial charge is 0.358 e. The summed E-state index contributed by atoms with van der Waals surface area (Å²) in [6.07, 6.45) is 5.95. The third-order valence-corrected chi connectivity index (χ3v) is 19.8. The lowest BCUT2D eigenvalue weighted by molar-refractivity contribution is -0.650. The van der Waals surface area contributed by atoms with Gasteiger partial charge in [-0.2, -0.15) is 17.5 Å². The standard InChI is InChI=1S/C52H72F3N13O7S/c1-32(2)62(4)38-13-15-45(67-22-18-43(51(67)72)60-48-40-27-35(52(53,54)55)8-14-42(40)57-31-58-48)44(28-38)61-68(73)37-11-9-36(10-12-37)64-23-25-66(26-24-64)76(74,75)39-16-20-65(21-17-39)50(71)33(3)59-49(70)41-29-46(69)63(5)47(41)34-7-6-19-56-30-34/h6-8,14,19,27,30-33,36-39,41,43-45,47H,9-13,15-18,20-26,28-29H2,1-5H3,(H2-,57,58,59,60,61,70,73)/p+1/t33-,36?,37?,38?,41-,43-,44+,45?,47+/m0/s1. The topological polar surface area (TPSA) is 217 Å². The molecule has 0 bridgehead atoms. The number of nitroso groups, excluding NO2 is 1. The predicted octanol–water partition coefficient (Wildman–Crippen LogP) is 3.94. The second-order valence-corrected chi connectivity index (χ2v) is 24.3. The van der Waals surface area contributed by atoms with Crippen LogP contribution in [-0.4, -0.2) is 194 Å². The fourth-order valence-corrected chi connectivity index (χ4v) is 14.6. The summed E-state index contributed by atoms with van der Waals surface area (Å²) in [5, 5.41) is 5.50. The Labute approximate surface area is 442 Å². The van der Waals surface area contributed by atoms with E-state index in [4.69, 9.17) is 0 Å². The predicted molar refractivity (Wildman–Crippen MR) is 276 cm³/mol. The van der Waals surface area contributed by atoms with Crippen LogP contribution < -0.4 is 16.1 Å². The number of amides is 4. The number of piperazine rings is 1. The number of sulfonamides is 1. The van der Waals surface area contributed by atoms with E-state index in [2.05, 4.69) is 61.7 Å². The van der Waals surface area contributed by atoms with Crippen molar-refractivity contribution >= 4 is 50.4 Å². The first-order chi connectivity index (χ1) is 36.2. The van der Waals surface area contributed by atoms with Crippen molar-refractivity contribution in [1.29, 1.82) is 0 Å². The lowest BCUT2D eigenvalue weighted by Gasteiger charge is -2.43. The zero-order valence-corrected chi connectivity index (χ0v) is 44.9. The van der Waals surface area contributed by atoms with Gasteiger partial charge < -0.3 is 30.2 Å². The molecule has 2 aliphatic carbocycles. The van der Waals surface area contributed by atoms with E-state index in [0.29, 0.717) is 70.3 Å². The van der Waals surface area contributed by atoms with Crippen molar-refractivity contribution in [1.82, 2.24) is 54.5 Å². The number of piperidine rings is 1. The van der Waals surface area contributed by atoms with E-state index < -0.39 is 57.0 Å². The molecule has 3 N–H and O–H groups in total. The maximum absolute atomic E-state index is 14.2. The largest absolute Gasteiger partial charge is 0.416 e. The monoisotopic (exact) mass is 1080 g/mol. The molecule has 76 heavy (non-hydrogen) atoms. The molecule has 6 heterocycles. The van der Waals surface area contributed by atoms with Crippen LogP contribution in [0.4, 0.5) is 19.0 Å². The number of anilines is 1. The van der Waals surface area contributed by atoms with Gasteiger partial charge in [-0.15, -0.1) is 5.43 Å². The van der Waals surface area contributed by atoms with Gasteiger partial charge in [-0.25, -0.2) is 18.4 Å². The van der Waals surface area contributed by atoms with Crippen molar-refractivity contribution < 1.29 is 45.6 Å². The summed E-state index contributed by atoms with van der Waals surface area (Å²) in [7, 11) is 0.0902. The van der Waals surface area contributed by atoms with Crippen LogP contribution in [0.2, 0.25) is 0 Å². The average Bonchev–Trinajstić information content (AvgIpc) is 3.95.